The Hall–Kier alpha value is -3.09. The van der Waals surface area contributed by atoms with Gasteiger partial charge in [0.2, 0.25) is 11.6 Å². The van der Waals surface area contributed by atoms with Crippen LogP contribution in [0.2, 0.25) is 0 Å². The molecule has 3 aromatic rings. The Morgan fingerprint density at radius 1 is 1.19 bits per heavy atom. The molecule has 4 rings (SSSR count). The van der Waals surface area contributed by atoms with Crippen molar-refractivity contribution in [1.82, 2.24) is 14.9 Å². The second-order valence-electron chi connectivity index (χ2n) is 6.54. The van der Waals surface area contributed by atoms with Crippen molar-refractivity contribution in [2.24, 2.45) is 0 Å². The first-order chi connectivity index (χ1) is 13.2. The summed E-state index contributed by atoms with van der Waals surface area (Å²) in [6, 6.07) is 12.1. The van der Waals surface area contributed by atoms with Crippen molar-refractivity contribution in [3.8, 4) is 5.75 Å². The molecule has 140 valence electrons. The first-order valence-electron chi connectivity index (χ1n) is 9.10. The summed E-state index contributed by atoms with van der Waals surface area (Å²) in [7, 11) is 1.65. The number of rotatable bonds is 5. The average molecular weight is 366 g/mol. The summed E-state index contributed by atoms with van der Waals surface area (Å²) in [5.41, 5.74) is 2.41. The fourth-order valence-electron chi connectivity index (χ4n) is 3.28. The largest absolute Gasteiger partial charge is 0.497 e. The first kappa shape index (κ1) is 17.3. The third-order valence-corrected chi connectivity index (χ3v) is 4.82. The molecule has 2 aromatic heterocycles. The number of nitrogens with zero attached hydrogens (tertiary/aromatic N) is 4. The number of piperazine rings is 1. The molecule has 0 unspecified atom stereocenters. The van der Waals surface area contributed by atoms with Gasteiger partial charge in [-0.2, -0.15) is 4.98 Å². The zero-order chi connectivity index (χ0) is 18.6. The molecule has 0 N–H and O–H groups in total. The van der Waals surface area contributed by atoms with Gasteiger partial charge in [-0.25, -0.2) is 4.98 Å². The molecule has 0 saturated carbocycles. The molecule has 0 atom stereocenters. The summed E-state index contributed by atoms with van der Waals surface area (Å²) in [6.07, 6.45) is 2.92. The van der Waals surface area contributed by atoms with Gasteiger partial charge in [-0.1, -0.05) is 12.1 Å². The molecule has 1 aliphatic rings. The first-order valence-corrected chi connectivity index (χ1v) is 9.10. The summed E-state index contributed by atoms with van der Waals surface area (Å²) in [4.78, 5) is 25.1. The zero-order valence-corrected chi connectivity index (χ0v) is 15.3. The van der Waals surface area contributed by atoms with Crippen LogP contribution in [0.25, 0.3) is 11.2 Å². The SMILES string of the molecule is COc1cccc(CCC(=O)N2CCN(c3nc4ncccc4o3)CC2)c1. The molecule has 3 heterocycles. The number of methoxy groups -OCH3 is 1. The molecule has 1 aliphatic heterocycles. The van der Waals surface area contributed by atoms with E-state index in [4.69, 9.17) is 9.15 Å². The van der Waals surface area contributed by atoms with Crippen LogP contribution in [-0.4, -0.2) is 54.1 Å². The smallest absolute Gasteiger partial charge is 0.300 e. The molecule has 0 bridgehead atoms. The van der Waals surface area contributed by atoms with Crippen molar-refractivity contribution >= 4 is 23.2 Å². The normalized spacial score (nSPS) is 14.6. The van der Waals surface area contributed by atoms with Crippen LogP contribution in [0.4, 0.5) is 6.01 Å². The number of anilines is 1. The lowest BCUT2D eigenvalue weighted by Crippen LogP contribution is -2.49. The van der Waals surface area contributed by atoms with Crippen molar-refractivity contribution in [3.63, 3.8) is 0 Å². The number of carbonyl (C=O) groups excluding carboxylic acids is 1. The number of fused-ring (bicyclic) bond motifs is 1. The van der Waals surface area contributed by atoms with Crippen LogP contribution in [0.1, 0.15) is 12.0 Å². The Kier molecular flexibility index (Phi) is 4.91. The van der Waals surface area contributed by atoms with Crippen LogP contribution >= 0.6 is 0 Å². The zero-order valence-electron chi connectivity index (χ0n) is 15.3. The third kappa shape index (κ3) is 3.86. The standard InChI is InChI=1S/C20H22N4O3/c1-26-16-5-2-4-15(14-16)7-8-18(25)23-10-12-24(13-11-23)20-22-19-17(27-20)6-3-9-21-19/h2-6,9,14H,7-8,10-13H2,1H3. The van der Waals surface area contributed by atoms with Gasteiger partial charge in [-0.3, -0.25) is 4.79 Å². The van der Waals surface area contributed by atoms with E-state index in [1.165, 1.54) is 0 Å². The highest BCUT2D eigenvalue weighted by Gasteiger charge is 2.24. The van der Waals surface area contributed by atoms with E-state index in [1.807, 2.05) is 41.3 Å². The lowest BCUT2D eigenvalue weighted by Gasteiger charge is -2.33. The number of carbonyl (C=O) groups is 1. The van der Waals surface area contributed by atoms with Crippen LogP contribution in [0.15, 0.2) is 47.0 Å². The summed E-state index contributed by atoms with van der Waals surface area (Å²) >= 11 is 0. The lowest BCUT2D eigenvalue weighted by atomic mass is 10.1. The molecule has 1 amide bonds. The van der Waals surface area contributed by atoms with E-state index < -0.39 is 0 Å². The van der Waals surface area contributed by atoms with Crippen molar-refractivity contribution in [2.45, 2.75) is 12.8 Å². The van der Waals surface area contributed by atoms with Gasteiger partial charge in [0.15, 0.2) is 5.58 Å². The average Bonchev–Trinajstić information content (AvgIpc) is 3.16. The minimum absolute atomic E-state index is 0.178. The minimum atomic E-state index is 0.178. The monoisotopic (exact) mass is 366 g/mol. The van der Waals surface area contributed by atoms with E-state index >= 15 is 0 Å². The maximum absolute atomic E-state index is 12.5. The second kappa shape index (κ2) is 7.65. The van der Waals surface area contributed by atoms with E-state index in [0.717, 1.165) is 11.3 Å². The van der Waals surface area contributed by atoms with Gasteiger partial charge in [0.1, 0.15) is 5.75 Å². The van der Waals surface area contributed by atoms with E-state index in [0.29, 0.717) is 56.3 Å². The topological polar surface area (TPSA) is 71.7 Å². The Bertz CT molecular complexity index is 899. The van der Waals surface area contributed by atoms with Crippen LogP contribution in [-0.2, 0) is 11.2 Å². The van der Waals surface area contributed by atoms with Crippen LogP contribution < -0.4 is 9.64 Å². The maximum atomic E-state index is 12.5. The number of aromatic nitrogens is 2. The molecule has 0 radical (unpaired) electrons. The third-order valence-electron chi connectivity index (χ3n) is 4.82. The minimum Gasteiger partial charge on any atom is -0.497 e. The quantitative estimate of drug-likeness (QED) is 0.691. The summed E-state index contributed by atoms with van der Waals surface area (Å²) in [6.45, 7) is 2.75. The van der Waals surface area contributed by atoms with E-state index in [-0.39, 0.29) is 5.91 Å². The van der Waals surface area contributed by atoms with Gasteiger partial charge in [-0.15, -0.1) is 0 Å². The number of ether oxygens (including phenoxy) is 1. The molecule has 7 nitrogen and oxygen atoms in total. The van der Waals surface area contributed by atoms with Gasteiger partial charge in [0.05, 0.1) is 7.11 Å². The Morgan fingerprint density at radius 2 is 2.04 bits per heavy atom. The predicted octanol–water partition coefficient (Wildman–Crippen LogP) is 2.51. The molecule has 1 fully saturated rings. The van der Waals surface area contributed by atoms with E-state index in [9.17, 15) is 4.79 Å². The number of hydrogen-bond donors (Lipinski definition) is 0. The fourth-order valence-corrected chi connectivity index (χ4v) is 3.28. The number of aryl methyl sites for hydroxylation is 1. The summed E-state index contributed by atoms with van der Waals surface area (Å²) < 4.78 is 11.0. The van der Waals surface area contributed by atoms with Crippen LogP contribution in [0, 0.1) is 0 Å². The molecule has 1 saturated heterocycles. The number of amides is 1. The second-order valence-corrected chi connectivity index (χ2v) is 6.54. The maximum Gasteiger partial charge on any atom is 0.300 e. The Labute approximate surface area is 157 Å². The van der Waals surface area contributed by atoms with E-state index in [2.05, 4.69) is 14.9 Å². The number of pyridine rings is 1. The number of hydrogen-bond acceptors (Lipinski definition) is 6. The molecule has 0 aliphatic carbocycles. The number of oxazole rings is 1. The van der Waals surface area contributed by atoms with Crippen molar-refractivity contribution in [1.29, 1.82) is 0 Å². The van der Waals surface area contributed by atoms with Gasteiger partial charge < -0.3 is 19.0 Å². The fraction of sp³-hybridized carbons (Fsp3) is 0.350. The Morgan fingerprint density at radius 3 is 2.81 bits per heavy atom. The van der Waals surface area contributed by atoms with Crippen molar-refractivity contribution in [2.75, 3.05) is 38.2 Å². The highest BCUT2D eigenvalue weighted by atomic mass is 16.5. The van der Waals surface area contributed by atoms with E-state index in [1.54, 1.807) is 13.3 Å². The summed E-state index contributed by atoms with van der Waals surface area (Å²) in [5.74, 6) is 0.998. The van der Waals surface area contributed by atoms with Gasteiger partial charge in [-0.05, 0) is 36.2 Å². The molecule has 7 heteroatoms. The molecular weight excluding hydrogens is 344 g/mol. The molecule has 27 heavy (non-hydrogen) atoms. The highest BCUT2D eigenvalue weighted by Crippen LogP contribution is 2.21. The molecule has 1 aromatic carbocycles. The highest BCUT2D eigenvalue weighted by molar-refractivity contribution is 5.77. The molecule has 0 spiro atoms. The van der Waals surface area contributed by atoms with Crippen LogP contribution in [0.5, 0.6) is 5.75 Å². The van der Waals surface area contributed by atoms with Gasteiger partial charge >= 0.3 is 0 Å². The van der Waals surface area contributed by atoms with Crippen LogP contribution in [0.3, 0.4) is 0 Å². The summed E-state index contributed by atoms with van der Waals surface area (Å²) in [5, 5.41) is 0. The van der Waals surface area contributed by atoms with Gasteiger partial charge in [0, 0.05) is 38.8 Å². The van der Waals surface area contributed by atoms with Gasteiger partial charge in [0.25, 0.3) is 6.01 Å². The predicted molar refractivity (Wildman–Crippen MR) is 102 cm³/mol. The molecular formula is C20H22N4O3. The number of benzene rings is 1. The van der Waals surface area contributed by atoms with Crippen molar-refractivity contribution < 1.29 is 13.9 Å². The Balaban J connectivity index is 1.31. The van der Waals surface area contributed by atoms with Crippen molar-refractivity contribution in [3.05, 3.63) is 48.2 Å². The lowest BCUT2D eigenvalue weighted by molar-refractivity contribution is -0.131.